The second kappa shape index (κ2) is 3.65. The summed E-state index contributed by atoms with van der Waals surface area (Å²) in [5.41, 5.74) is 0.448. The van der Waals surface area contributed by atoms with Gasteiger partial charge in [0.15, 0.2) is 6.10 Å². The van der Waals surface area contributed by atoms with Crippen molar-refractivity contribution in [3.8, 4) is 6.07 Å². The Balaban J connectivity index is 2.87. The van der Waals surface area contributed by atoms with Crippen molar-refractivity contribution >= 4 is 5.78 Å². The molecule has 0 saturated heterocycles. The first-order chi connectivity index (χ1) is 5.75. The van der Waals surface area contributed by atoms with Gasteiger partial charge < -0.3 is 5.11 Å². The second-order valence-electron chi connectivity index (χ2n) is 2.29. The number of aliphatic hydroxyl groups is 1. The molecule has 0 fully saturated rings. The molecule has 3 heteroatoms. The molecule has 0 aliphatic heterocycles. The van der Waals surface area contributed by atoms with E-state index in [1.807, 2.05) is 0 Å². The standard InChI is InChI=1S/C9H7NO2/c10-6-8(11)9(12)7-4-2-1-3-5-7/h1-5,9,12H. The van der Waals surface area contributed by atoms with E-state index in [-0.39, 0.29) is 0 Å². The Morgan fingerprint density at radius 3 is 2.50 bits per heavy atom. The van der Waals surface area contributed by atoms with Crippen LogP contribution in [0.25, 0.3) is 0 Å². The zero-order valence-electron chi connectivity index (χ0n) is 6.27. The van der Waals surface area contributed by atoms with Gasteiger partial charge in [-0.15, -0.1) is 0 Å². The molecule has 0 heterocycles. The molecule has 0 spiro atoms. The Morgan fingerprint density at radius 2 is 2.00 bits per heavy atom. The molecule has 1 N–H and O–H groups in total. The Bertz CT molecular complexity index is 313. The van der Waals surface area contributed by atoms with Crippen molar-refractivity contribution in [2.24, 2.45) is 0 Å². The predicted octanol–water partition coefficient (Wildman–Crippen LogP) is 0.813. The maximum Gasteiger partial charge on any atom is 0.264 e. The summed E-state index contributed by atoms with van der Waals surface area (Å²) in [6.45, 7) is 0. The summed E-state index contributed by atoms with van der Waals surface area (Å²) < 4.78 is 0. The third kappa shape index (κ3) is 1.68. The minimum Gasteiger partial charge on any atom is -0.379 e. The first-order valence-corrected chi connectivity index (χ1v) is 3.42. The molecule has 0 aliphatic carbocycles. The molecule has 60 valence electrons. The highest BCUT2D eigenvalue weighted by molar-refractivity contribution is 5.97. The molecule has 3 nitrogen and oxygen atoms in total. The van der Waals surface area contributed by atoms with Gasteiger partial charge in [-0.2, -0.15) is 5.26 Å². The van der Waals surface area contributed by atoms with E-state index >= 15 is 0 Å². The minimum atomic E-state index is -1.31. The molecule has 1 atom stereocenters. The quantitative estimate of drug-likeness (QED) is 0.653. The van der Waals surface area contributed by atoms with E-state index in [2.05, 4.69) is 0 Å². The van der Waals surface area contributed by atoms with Crippen LogP contribution in [0.2, 0.25) is 0 Å². The van der Waals surface area contributed by atoms with Gasteiger partial charge in [0.25, 0.3) is 5.78 Å². The van der Waals surface area contributed by atoms with Crippen molar-refractivity contribution < 1.29 is 9.90 Å². The summed E-state index contributed by atoms with van der Waals surface area (Å²) in [5.74, 6) is -0.832. The van der Waals surface area contributed by atoms with Gasteiger partial charge in [0.2, 0.25) is 0 Å². The van der Waals surface area contributed by atoms with Crippen LogP contribution >= 0.6 is 0 Å². The maximum absolute atomic E-state index is 10.7. The average molecular weight is 161 g/mol. The lowest BCUT2D eigenvalue weighted by Crippen LogP contribution is -2.08. The number of aliphatic hydroxyl groups excluding tert-OH is 1. The van der Waals surface area contributed by atoms with E-state index in [1.54, 1.807) is 30.3 Å². The number of carbonyl (C=O) groups is 1. The summed E-state index contributed by atoms with van der Waals surface area (Å²) >= 11 is 0. The van der Waals surface area contributed by atoms with Crippen LogP contribution in [0.1, 0.15) is 11.7 Å². The fourth-order valence-corrected chi connectivity index (χ4v) is 0.848. The van der Waals surface area contributed by atoms with Crippen molar-refractivity contribution in [1.82, 2.24) is 0 Å². The van der Waals surface area contributed by atoms with E-state index in [0.29, 0.717) is 5.56 Å². The number of carbonyl (C=O) groups excluding carboxylic acids is 1. The van der Waals surface area contributed by atoms with Gasteiger partial charge in [0.05, 0.1) is 0 Å². The number of rotatable bonds is 2. The van der Waals surface area contributed by atoms with E-state index < -0.39 is 11.9 Å². The number of Topliss-reactive ketones (excluding diaryl/α,β-unsaturated/α-hetero) is 1. The summed E-state index contributed by atoms with van der Waals surface area (Å²) in [7, 11) is 0. The van der Waals surface area contributed by atoms with Crippen molar-refractivity contribution in [3.05, 3.63) is 35.9 Å². The number of hydrogen-bond acceptors (Lipinski definition) is 3. The highest BCUT2D eigenvalue weighted by Gasteiger charge is 2.15. The Kier molecular flexibility index (Phi) is 2.57. The monoisotopic (exact) mass is 161 g/mol. The van der Waals surface area contributed by atoms with E-state index in [1.165, 1.54) is 6.07 Å². The fraction of sp³-hybridized carbons (Fsp3) is 0.111. The molecular formula is C9H7NO2. The third-order valence-electron chi connectivity index (χ3n) is 1.47. The minimum absolute atomic E-state index is 0.448. The molecule has 0 amide bonds. The van der Waals surface area contributed by atoms with Crippen LogP contribution in [0.15, 0.2) is 30.3 Å². The van der Waals surface area contributed by atoms with Gasteiger partial charge in [0.1, 0.15) is 6.07 Å². The molecule has 12 heavy (non-hydrogen) atoms. The van der Waals surface area contributed by atoms with Crippen molar-refractivity contribution in [3.63, 3.8) is 0 Å². The van der Waals surface area contributed by atoms with Crippen LogP contribution < -0.4 is 0 Å². The Morgan fingerprint density at radius 1 is 1.42 bits per heavy atom. The topological polar surface area (TPSA) is 61.1 Å². The van der Waals surface area contributed by atoms with Gasteiger partial charge in [-0.1, -0.05) is 30.3 Å². The van der Waals surface area contributed by atoms with E-state index in [9.17, 15) is 9.90 Å². The molecule has 1 rings (SSSR count). The number of benzene rings is 1. The van der Waals surface area contributed by atoms with Crippen LogP contribution in [0.3, 0.4) is 0 Å². The number of nitrogens with zero attached hydrogens (tertiary/aromatic N) is 1. The van der Waals surface area contributed by atoms with E-state index in [4.69, 9.17) is 5.26 Å². The van der Waals surface area contributed by atoms with Crippen LogP contribution in [-0.2, 0) is 4.79 Å². The third-order valence-corrected chi connectivity index (χ3v) is 1.47. The van der Waals surface area contributed by atoms with Gasteiger partial charge in [-0.05, 0) is 5.56 Å². The van der Waals surface area contributed by atoms with Crippen LogP contribution in [-0.4, -0.2) is 10.9 Å². The first-order valence-electron chi connectivity index (χ1n) is 3.42. The normalized spacial score (nSPS) is 11.7. The Hall–Kier alpha value is -1.66. The van der Waals surface area contributed by atoms with Gasteiger partial charge in [-0.25, -0.2) is 0 Å². The SMILES string of the molecule is N#CC(=O)C(O)c1ccccc1. The van der Waals surface area contributed by atoms with E-state index in [0.717, 1.165) is 0 Å². The van der Waals surface area contributed by atoms with Crippen LogP contribution in [0.5, 0.6) is 0 Å². The lowest BCUT2D eigenvalue weighted by atomic mass is 10.1. The summed E-state index contributed by atoms with van der Waals surface area (Å²) in [6.07, 6.45) is -1.31. The molecule has 0 aromatic heterocycles. The highest BCUT2D eigenvalue weighted by atomic mass is 16.3. The number of nitriles is 1. The molecule has 1 unspecified atom stereocenters. The fourth-order valence-electron chi connectivity index (χ4n) is 0.848. The van der Waals surface area contributed by atoms with Gasteiger partial charge in [-0.3, -0.25) is 4.79 Å². The molecule has 1 aromatic rings. The van der Waals surface area contributed by atoms with Gasteiger partial charge in [0, 0.05) is 0 Å². The number of hydrogen-bond donors (Lipinski definition) is 1. The van der Waals surface area contributed by atoms with Crippen LogP contribution in [0, 0.1) is 11.3 Å². The van der Waals surface area contributed by atoms with Crippen molar-refractivity contribution in [2.45, 2.75) is 6.10 Å². The predicted molar refractivity (Wildman–Crippen MR) is 42.0 cm³/mol. The second-order valence-corrected chi connectivity index (χ2v) is 2.29. The summed E-state index contributed by atoms with van der Waals surface area (Å²) in [4.78, 5) is 10.7. The Labute approximate surface area is 69.9 Å². The highest BCUT2D eigenvalue weighted by Crippen LogP contribution is 2.11. The summed E-state index contributed by atoms with van der Waals surface area (Å²) in [6, 6.07) is 9.73. The largest absolute Gasteiger partial charge is 0.379 e. The smallest absolute Gasteiger partial charge is 0.264 e. The molecular weight excluding hydrogens is 154 g/mol. The lowest BCUT2D eigenvalue weighted by molar-refractivity contribution is -0.121. The van der Waals surface area contributed by atoms with Crippen molar-refractivity contribution in [2.75, 3.05) is 0 Å². The zero-order chi connectivity index (χ0) is 8.97. The molecule has 0 aliphatic rings. The molecule has 1 aromatic carbocycles. The summed E-state index contributed by atoms with van der Waals surface area (Å²) in [5, 5.41) is 17.4. The van der Waals surface area contributed by atoms with Crippen LogP contribution in [0.4, 0.5) is 0 Å². The molecule has 0 bridgehead atoms. The van der Waals surface area contributed by atoms with Gasteiger partial charge >= 0.3 is 0 Å². The van der Waals surface area contributed by atoms with Crippen molar-refractivity contribution in [1.29, 1.82) is 5.26 Å². The average Bonchev–Trinajstić information content (AvgIpc) is 2.17. The first kappa shape index (κ1) is 8.44. The maximum atomic E-state index is 10.7. The lowest BCUT2D eigenvalue weighted by Gasteiger charge is -2.03. The number of ketones is 1. The molecule has 0 radical (unpaired) electrons. The molecule has 0 saturated carbocycles. The zero-order valence-corrected chi connectivity index (χ0v) is 6.27.